The van der Waals surface area contributed by atoms with Crippen LogP contribution in [0.2, 0.25) is 5.28 Å². The molecule has 0 spiro atoms. The minimum Gasteiger partial charge on any atom is -0.432 e. The summed E-state index contributed by atoms with van der Waals surface area (Å²) >= 11 is 6.09. The number of carbonyl (C=O) groups excluding carboxylic acids is 1. The van der Waals surface area contributed by atoms with Crippen molar-refractivity contribution in [3.05, 3.63) is 23.1 Å². The van der Waals surface area contributed by atoms with E-state index in [0.29, 0.717) is 59.9 Å². The number of furan rings is 1. The predicted molar refractivity (Wildman–Crippen MR) is 85.2 cm³/mol. The van der Waals surface area contributed by atoms with E-state index in [-0.39, 0.29) is 11.1 Å². The Morgan fingerprint density at radius 3 is 2.83 bits per heavy atom. The molecule has 4 rings (SSSR count). The summed E-state index contributed by atoms with van der Waals surface area (Å²) in [5.74, 6) is 0.563. The lowest BCUT2D eigenvalue weighted by atomic mass is 10.1. The smallest absolute Gasteiger partial charge is 0.229 e. The largest absolute Gasteiger partial charge is 0.432 e. The monoisotopic (exact) mass is 332 g/mol. The van der Waals surface area contributed by atoms with Gasteiger partial charge in [0.05, 0.1) is 18.6 Å². The lowest BCUT2D eigenvalue weighted by molar-refractivity contribution is 0.101. The summed E-state index contributed by atoms with van der Waals surface area (Å²) in [4.78, 5) is 26.4. The first-order chi connectivity index (χ1) is 11.1. The van der Waals surface area contributed by atoms with E-state index in [1.807, 2.05) is 4.90 Å². The molecule has 8 heteroatoms. The van der Waals surface area contributed by atoms with Crippen LogP contribution in [0, 0.1) is 0 Å². The summed E-state index contributed by atoms with van der Waals surface area (Å²) in [6.45, 7) is 4.13. The van der Waals surface area contributed by atoms with Crippen LogP contribution in [-0.4, -0.2) is 47.0 Å². The highest BCUT2D eigenvalue weighted by molar-refractivity contribution is 6.29. The topological polar surface area (TPSA) is 81.4 Å². The molecule has 1 fully saturated rings. The number of pyridine rings is 1. The molecule has 0 bridgehead atoms. The van der Waals surface area contributed by atoms with Crippen LogP contribution in [0.1, 0.15) is 17.3 Å². The van der Waals surface area contributed by atoms with Crippen molar-refractivity contribution in [1.29, 1.82) is 0 Å². The SMILES string of the molecule is CC(=O)c1cnc2oc3c(N4CCOCC4)nc(Cl)nc3c2c1. The van der Waals surface area contributed by atoms with E-state index in [1.54, 1.807) is 6.07 Å². The first-order valence-electron chi connectivity index (χ1n) is 7.23. The maximum atomic E-state index is 11.6. The fraction of sp³-hybridized carbons (Fsp3) is 0.333. The summed E-state index contributed by atoms with van der Waals surface area (Å²) in [6, 6.07) is 1.73. The summed E-state index contributed by atoms with van der Waals surface area (Å²) in [5, 5.41) is 0.793. The molecular formula is C15H13ClN4O3. The summed E-state index contributed by atoms with van der Waals surface area (Å²) in [6.07, 6.45) is 1.50. The number of aromatic nitrogens is 3. The van der Waals surface area contributed by atoms with E-state index in [9.17, 15) is 4.79 Å². The van der Waals surface area contributed by atoms with Gasteiger partial charge in [-0.3, -0.25) is 4.79 Å². The van der Waals surface area contributed by atoms with Crippen molar-refractivity contribution in [2.75, 3.05) is 31.2 Å². The number of fused-ring (bicyclic) bond motifs is 3. The van der Waals surface area contributed by atoms with Crippen LogP contribution in [0.5, 0.6) is 0 Å². The van der Waals surface area contributed by atoms with Crippen LogP contribution in [0.3, 0.4) is 0 Å². The van der Waals surface area contributed by atoms with Crippen molar-refractivity contribution < 1.29 is 13.9 Å². The van der Waals surface area contributed by atoms with E-state index in [1.165, 1.54) is 13.1 Å². The van der Waals surface area contributed by atoms with E-state index >= 15 is 0 Å². The van der Waals surface area contributed by atoms with Crippen molar-refractivity contribution in [2.24, 2.45) is 0 Å². The van der Waals surface area contributed by atoms with Crippen LogP contribution >= 0.6 is 11.6 Å². The number of ketones is 1. The molecule has 3 aromatic rings. The molecule has 0 saturated carbocycles. The fourth-order valence-corrected chi connectivity index (χ4v) is 2.84. The van der Waals surface area contributed by atoms with Gasteiger partial charge < -0.3 is 14.1 Å². The van der Waals surface area contributed by atoms with Gasteiger partial charge in [0.2, 0.25) is 11.0 Å². The molecule has 23 heavy (non-hydrogen) atoms. The van der Waals surface area contributed by atoms with Crippen molar-refractivity contribution in [3.8, 4) is 0 Å². The summed E-state index contributed by atoms with van der Waals surface area (Å²) in [5.41, 5.74) is 2.01. The Bertz CT molecular complexity index is 918. The maximum Gasteiger partial charge on any atom is 0.229 e. The molecule has 0 radical (unpaired) electrons. The molecule has 1 aliphatic rings. The number of anilines is 1. The predicted octanol–water partition coefficient (Wildman–Crippen LogP) is 2.46. The third-order valence-electron chi connectivity index (χ3n) is 3.84. The Morgan fingerprint density at radius 1 is 1.30 bits per heavy atom. The van der Waals surface area contributed by atoms with Gasteiger partial charge in [-0.2, -0.15) is 4.98 Å². The van der Waals surface area contributed by atoms with Crippen LogP contribution in [-0.2, 0) is 4.74 Å². The number of hydrogen-bond acceptors (Lipinski definition) is 7. The van der Waals surface area contributed by atoms with Gasteiger partial charge in [0.1, 0.15) is 5.52 Å². The highest BCUT2D eigenvalue weighted by Crippen LogP contribution is 2.33. The zero-order chi connectivity index (χ0) is 16.0. The van der Waals surface area contributed by atoms with E-state index in [0.717, 1.165) is 0 Å². The Kier molecular flexibility index (Phi) is 3.39. The van der Waals surface area contributed by atoms with Crippen molar-refractivity contribution in [3.63, 3.8) is 0 Å². The van der Waals surface area contributed by atoms with Gasteiger partial charge in [-0.15, -0.1) is 0 Å². The molecular weight excluding hydrogens is 320 g/mol. The number of ether oxygens (including phenoxy) is 1. The van der Waals surface area contributed by atoms with Gasteiger partial charge >= 0.3 is 0 Å². The minimum atomic E-state index is -0.0673. The highest BCUT2D eigenvalue weighted by atomic mass is 35.5. The molecule has 0 amide bonds. The first kappa shape index (κ1) is 14.3. The van der Waals surface area contributed by atoms with Crippen LogP contribution in [0.4, 0.5) is 5.82 Å². The molecule has 0 unspecified atom stereocenters. The zero-order valence-electron chi connectivity index (χ0n) is 12.4. The molecule has 1 aliphatic heterocycles. The summed E-state index contributed by atoms with van der Waals surface area (Å²) < 4.78 is 11.2. The number of rotatable bonds is 2. The minimum absolute atomic E-state index is 0.0673. The van der Waals surface area contributed by atoms with E-state index in [2.05, 4.69) is 15.0 Å². The summed E-state index contributed by atoms with van der Waals surface area (Å²) in [7, 11) is 0. The Labute approximate surface area is 136 Å². The molecule has 0 N–H and O–H groups in total. The molecule has 3 aromatic heterocycles. The first-order valence-corrected chi connectivity index (χ1v) is 7.60. The molecule has 7 nitrogen and oxygen atoms in total. The number of Topliss-reactive ketones (excluding diaryl/α,β-unsaturated/α-hetero) is 1. The molecule has 0 atom stereocenters. The van der Waals surface area contributed by atoms with Crippen LogP contribution < -0.4 is 4.90 Å². The van der Waals surface area contributed by atoms with Gasteiger partial charge in [0.25, 0.3) is 0 Å². The second-order valence-electron chi connectivity index (χ2n) is 5.33. The van der Waals surface area contributed by atoms with Gasteiger partial charge in [-0.05, 0) is 24.6 Å². The van der Waals surface area contributed by atoms with E-state index in [4.69, 9.17) is 20.8 Å². The Hall–Kier alpha value is -2.25. The van der Waals surface area contributed by atoms with Gasteiger partial charge in [-0.25, -0.2) is 9.97 Å². The third-order valence-corrected chi connectivity index (χ3v) is 4.01. The highest BCUT2D eigenvalue weighted by Gasteiger charge is 2.22. The molecule has 118 valence electrons. The lowest BCUT2D eigenvalue weighted by Crippen LogP contribution is -2.36. The second kappa shape index (κ2) is 5.43. The standard InChI is InChI=1S/C15H13ClN4O3/c1-8(21)9-6-10-11-12(23-14(10)17-7-9)13(19-15(16)18-11)20-2-4-22-5-3-20/h6-7H,2-5H2,1H3. The number of morpholine rings is 1. The number of hydrogen-bond donors (Lipinski definition) is 0. The normalized spacial score (nSPS) is 15.5. The second-order valence-corrected chi connectivity index (χ2v) is 5.67. The molecule has 1 saturated heterocycles. The van der Waals surface area contributed by atoms with Crippen LogP contribution in [0.25, 0.3) is 22.2 Å². The lowest BCUT2D eigenvalue weighted by Gasteiger charge is -2.27. The molecule has 0 aromatic carbocycles. The number of carbonyl (C=O) groups is 1. The maximum absolute atomic E-state index is 11.6. The molecule has 0 aliphatic carbocycles. The van der Waals surface area contributed by atoms with Crippen molar-refractivity contribution in [1.82, 2.24) is 15.0 Å². The average molecular weight is 333 g/mol. The van der Waals surface area contributed by atoms with Gasteiger partial charge in [0.15, 0.2) is 17.2 Å². The zero-order valence-corrected chi connectivity index (χ0v) is 13.1. The number of nitrogens with zero attached hydrogens (tertiary/aromatic N) is 4. The molecule has 4 heterocycles. The van der Waals surface area contributed by atoms with Crippen molar-refractivity contribution in [2.45, 2.75) is 6.92 Å². The fourth-order valence-electron chi connectivity index (χ4n) is 2.67. The van der Waals surface area contributed by atoms with Gasteiger partial charge in [-0.1, -0.05) is 0 Å². The number of halogens is 1. The average Bonchev–Trinajstić information content (AvgIpc) is 2.92. The van der Waals surface area contributed by atoms with E-state index < -0.39 is 0 Å². The van der Waals surface area contributed by atoms with Crippen LogP contribution in [0.15, 0.2) is 16.7 Å². The third kappa shape index (κ3) is 2.42. The Balaban J connectivity index is 1.97. The quantitative estimate of drug-likeness (QED) is 0.526. The van der Waals surface area contributed by atoms with Crippen molar-refractivity contribution >= 4 is 45.4 Å². The van der Waals surface area contributed by atoms with Gasteiger partial charge in [0, 0.05) is 24.8 Å². The Morgan fingerprint density at radius 2 is 2.09 bits per heavy atom.